The van der Waals surface area contributed by atoms with Crippen LogP contribution in [0.25, 0.3) is 0 Å². The molecule has 0 aromatic rings. The first-order chi connectivity index (χ1) is 7.74. The van der Waals surface area contributed by atoms with Crippen molar-refractivity contribution in [1.29, 1.82) is 0 Å². The van der Waals surface area contributed by atoms with Crippen LogP contribution in [0.2, 0.25) is 0 Å². The first-order valence-corrected chi connectivity index (χ1v) is 5.74. The Kier molecular flexibility index (Phi) is 4.43. The normalized spacial score (nSPS) is 26.1. The van der Waals surface area contributed by atoms with Crippen molar-refractivity contribution in [3.8, 4) is 0 Å². The highest BCUT2D eigenvalue weighted by molar-refractivity contribution is 5.80. The lowest BCUT2D eigenvalue weighted by atomic mass is 10.0. The fourth-order valence-corrected chi connectivity index (χ4v) is 1.87. The molecule has 17 heavy (non-hydrogen) atoms. The fraction of sp³-hybridized carbons (Fsp3) is 0.909. The van der Waals surface area contributed by atoms with E-state index in [1.54, 1.807) is 13.8 Å². The van der Waals surface area contributed by atoms with Gasteiger partial charge in [-0.3, -0.25) is 4.79 Å². The minimum Gasteiger partial charge on any atom is -0.384 e. The number of piperidine rings is 1. The summed E-state index contributed by atoms with van der Waals surface area (Å²) in [5.74, 6) is -3.72. The van der Waals surface area contributed by atoms with E-state index >= 15 is 0 Å². The van der Waals surface area contributed by atoms with Crippen molar-refractivity contribution in [3.63, 3.8) is 0 Å². The third-order valence-electron chi connectivity index (χ3n) is 2.64. The van der Waals surface area contributed by atoms with Crippen molar-refractivity contribution in [2.24, 2.45) is 0 Å². The second-order valence-corrected chi connectivity index (χ2v) is 4.66. The van der Waals surface area contributed by atoms with Gasteiger partial charge in [-0.15, -0.1) is 0 Å². The molecular formula is C11H19F2NO3. The van der Waals surface area contributed by atoms with Crippen molar-refractivity contribution in [2.45, 2.75) is 51.4 Å². The molecule has 1 amide bonds. The largest absolute Gasteiger partial charge is 0.384 e. The van der Waals surface area contributed by atoms with Crippen LogP contribution in [-0.4, -0.2) is 53.2 Å². The Morgan fingerprint density at radius 1 is 1.47 bits per heavy atom. The van der Waals surface area contributed by atoms with Crippen molar-refractivity contribution >= 4 is 5.91 Å². The molecule has 1 N–H and O–H groups in total. The third kappa shape index (κ3) is 3.61. The van der Waals surface area contributed by atoms with Crippen molar-refractivity contribution in [1.82, 2.24) is 4.90 Å². The van der Waals surface area contributed by atoms with Gasteiger partial charge in [0.2, 0.25) is 0 Å². The Balaban J connectivity index is 2.65. The molecule has 0 saturated carbocycles. The molecule has 1 saturated heterocycles. The van der Waals surface area contributed by atoms with E-state index in [2.05, 4.69) is 0 Å². The number of alkyl halides is 2. The predicted molar refractivity (Wildman–Crippen MR) is 57.8 cm³/mol. The monoisotopic (exact) mass is 251 g/mol. The van der Waals surface area contributed by atoms with Crippen LogP contribution >= 0.6 is 0 Å². The van der Waals surface area contributed by atoms with Crippen molar-refractivity contribution < 1.29 is 23.4 Å². The van der Waals surface area contributed by atoms with Crippen molar-refractivity contribution in [2.75, 3.05) is 13.1 Å². The number of hydrogen-bond donors (Lipinski definition) is 1. The smallest absolute Gasteiger partial charge is 0.290 e. The molecule has 0 aromatic carbocycles. The molecule has 1 fully saturated rings. The Morgan fingerprint density at radius 3 is 2.47 bits per heavy atom. The minimum atomic E-state index is -3.06. The first kappa shape index (κ1) is 14.3. The summed E-state index contributed by atoms with van der Waals surface area (Å²) in [6.07, 6.45) is -2.58. The molecular weight excluding hydrogens is 232 g/mol. The highest BCUT2D eigenvalue weighted by atomic mass is 19.3. The maximum Gasteiger partial charge on any atom is 0.290 e. The van der Waals surface area contributed by atoms with Gasteiger partial charge in [-0.1, -0.05) is 0 Å². The lowest BCUT2D eigenvalue weighted by Crippen LogP contribution is -2.56. The molecule has 1 aliphatic heterocycles. The standard InChI is InChI=1S/C11H19F2NO3/c1-7(2)17-9-4-5-14(6-11(9,12)13)10(16)8(3)15/h7-9,15H,4-6H2,1-3H3. The van der Waals surface area contributed by atoms with E-state index < -0.39 is 30.6 Å². The van der Waals surface area contributed by atoms with Gasteiger partial charge in [0.25, 0.3) is 11.8 Å². The van der Waals surface area contributed by atoms with E-state index in [1.165, 1.54) is 6.92 Å². The summed E-state index contributed by atoms with van der Waals surface area (Å²) >= 11 is 0. The molecule has 0 aromatic heterocycles. The number of ether oxygens (including phenoxy) is 1. The SMILES string of the molecule is CC(C)OC1CCN(C(=O)C(C)O)CC1(F)F. The molecule has 0 radical (unpaired) electrons. The number of rotatable bonds is 3. The van der Waals surface area contributed by atoms with E-state index in [-0.39, 0.29) is 19.1 Å². The quantitative estimate of drug-likeness (QED) is 0.815. The van der Waals surface area contributed by atoms with E-state index in [0.29, 0.717) is 0 Å². The zero-order chi connectivity index (χ0) is 13.2. The lowest BCUT2D eigenvalue weighted by Gasteiger charge is -2.39. The molecule has 2 unspecified atom stereocenters. The van der Waals surface area contributed by atoms with Crippen LogP contribution in [0.5, 0.6) is 0 Å². The lowest BCUT2D eigenvalue weighted by molar-refractivity contribution is -0.191. The number of halogens is 2. The Labute approximate surface area is 99.5 Å². The molecule has 4 nitrogen and oxygen atoms in total. The van der Waals surface area contributed by atoms with Gasteiger partial charge in [-0.2, -0.15) is 0 Å². The molecule has 100 valence electrons. The van der Waals surface area contributed by atoms with E-state index in [0.717, 1.165) is 4.90 Å². The number of aliphatic hydroxyl groups is 1. The molecule has 2 atom stereocenters. The number of likely N-dealkylation sites (tertiary alicyclic amines) is 1. The van der Waals surface area contributed by atoms with Crippen LogP contribution in [0.4, 0.5) is 8.78 Å². The summed E-state index contributed by atoms with van der Waals surface area (Å²) in [5.41, 5.74) is 0. The zero-order valence-corrected chi connectivity index (χ0v) is 10.3. The van der Waals surface area contributed by atoms with Gasteiger partial charge in [0.1, 0.15) is 12.2 Å². The number of nitrogens with zero attached hydrogens (tertiary/aromatic N) is 1. The van der Waals surface area contributed by atoms with Crippen LogP contribution in [0.15, 0.2) is 0 Å². The Morgan fingerprint density at radius 2 is 2.06 bits per heavy atom. The van der Waals surface area contributed by atoms with Crippen molar-refractivity contribution in [3.05, 3.63) is 0 Å². The second-order valence-electron chi connectivity index (χ2n) is 4.66. The molecule has 0 aliphatic carbocycles. The Bertz CT molecular complexity index is 282. The average molecular weight is 251 g/mol. The van der Waals surface area contributed by atoms with E-state index in [1.807, 2.05) is 0 Å². The fourth-order valence-electron chi connectivity index (χ4n) is 1.87. The van der Waals surface area contributed by atoms with E-state index in [9.17, 15) is 13.6 Å². The summed E-state index contributed by atoms with van der Waals surface area (Å²) in [6, 6.07) is 0. The third-order valence-corrected chi connectivity index (χ3v) is 2.64. The number of carbonyl (C=O) groups excluding carboxylic acids is 1. The van der Waals surface area contributed by atoms with Crippen LogP contribution < -0.4 is 0 Å². The van der Waals surface area contributed by atoms with Gasteiger partial charge in [0.15, 0.2) is 0 Å². The maximum atomic E-state index is 13.7. The number of hydrogen-bond acceptors (Lipinski definition) is 3. The number of amides is 1. The molecule has 1 heterocycles. The van der Waals surface area contributed by atoms with Crippen LogP contribution in [-0.2, 0) is 9.53 Å². The summed E-state index contributed by atoms with van der Waals surface area (Å²) in [7, 11) is 0. The van der Waals surface area contributed by atoms with Crippen LogP contribution in [0, 0.1) is 0 Å². The predicted octanol–water partition coefficient (Wildman–Crippen LogP) is 1.03. The zero-order valence-electron chi connectivity index (χ0n) is 10.3. The maximum absolute atomic E-state index is 13.7. The highest BCUT2D eigenvalue weighted by Crippen LogP contribution is 2.30. The summed E-state index contributed by atoms with van der Waals surface area (Å²) in [5, 5.41) is 9.09. The number of aliphatic hydroxyl groups excluding tert-OH is 1. The highest BCUT2D eigenvalue weighted by Gasteiger charge is 2.47. The molecule has 0 bridgehead atoms. The van der Waals surface area contributed by atoms with Gasteiger partial charge < -0.3 is 14.7 Å². The molecule has 1 aliphatic rings. The second kappa shape index (κ2) is 5.27. The Hall–Kier alpha value is -0.750. The van der Waals surface area contributed by atoms with Gasteiger partial charge in [0, 0.05) is 6.54 Å². The summed E-state index contributed by atoms with van der Waals surface area (Å²) < 4.78 is 32.5. The van der Waals surface area contributed by atoms with Gasteiger partial charge in [0.05, 0.1) is 12.6 Å². The van der Waals surface area contributed by atoms with Gasteiger partial charge >= 0.3 is 0 Å². The molecule has 6 heteroatoms. The summed E-state index contributed by atoms with van der Waals surface area (Å²) in [4.78, 5) is 12.4. The molecule has 1 rings (SSSR count). The molecule has 0 spiro atoms. The minimum absolute atomic E-state index is 0.0869. The van der Waals surface area contributed by atoms with Gasteiger partial charge in [-0.25, -0.2) is 8.78 Å². The van der Waals surface area contributed by atoms with E-state index in [4.69, 9.17) is 9.84 Å². The van der Waals surface area contributed by atoms with Gasteiger partial charge in [-0.05, 0) is 27.2 Å². The first-order valence-electron chi connectivity index (χ1n) is 5.74. The topological polar surface area (TPSA) is 49.8 Å². The summed E-state index contributed by atoms with van der Waals surface area (Å²) in [6.45, 7) is 4.18. The average Bonchev–Trinajstić information content (AvgIpc) is 2.18. The number of carbonyl (C=O) groups is 1. The van der Waals surface area contributed by atoms with Crippen LogP contribution in [0.1, 0.15) is 27.2 Å². The van der Waals surface area contributed by atoms with Crippen LogP contribution in [0.3, 0.4) is 0 Å².